The van der Waals surface area contributed by atoms with E-state index in [0.29, 0.717) is 19.4 Å². The first kappa shape index (κ1) is 42.2. The van der Waals surface area contributed by atoms with Crippen LogP contribution >= 0.6 is 0 Å². The van der Waals surface area contributed by atoms with Crippen molar-refractivity contribution in [3.63, 3.8) is 0 Å². The average molecular weight is 781 g/mol. The summed E-state index contributed by atoms with van der Waals surface area (Å²) in [5.41, 5.74) is 0. The smallest absolute Gasteiger partial charge is 0.261 e. The third kappa shape index (κ3) is 8.55. The van der Waals surface area contributed by atoms with E-state index in [1.807, 2.05) is 0 Å². The number of rotatable bonds is 14. The van der Waals surface area contributed by atoms with E-state index in [-0.39, 0.29) is 27.3 Å². The lowest BCUT2D eigenvalue weighted by atomic mass is 10.1. The predicted octanol–water partition coefficient (Wildman–Crippen LogP) is 8.65. The maximum atomic E-state index is 13.1. The summed E-state index contributed by atoms with van der Waals surface area (Å²) in [6.07, 6.45) is 0.211. The second kappa shape index (κ2) is 16.6. The molecular formula is C46H64O5Si3. The van der Waals surface area contributed by atoms with Gasteiger partial charge < -0.3 is 22.8 Å². The van der Waals surface area contributed by atoms with Crippen LogP contribution in [0.25, 0.3) is 0 Å². The van der Waals surface area contributed by atoms with Gasteiger partial charge in [0, 0.05) is 13.0 Å². The molecule has 290 valence electrons. The first-order valence-electron chi connectivity index (χ1n) is 19.7. The molecule has 0 radical (unpaired) electrons. The highest BCUT2D eigenvalue weighted by molar-refractivity contribution is 7.00. The number of aldehydes is 1. The lowest BCUT2D eigenvalue weighted by Gasteiger charge is -2.46. The van der Waals surface area contributed by atoms with Gasteiger partial charge in [0.2, 0.25) is 0 Å². The van der Waals surface area contributed by atoms with Gasteiger partial charge in [-0.15, -0.1) is 0 Å². The number of carbonyl (C=O) groups is 1. The SMILES string of the molecule is CC(C)(C)[Si](C)(C)OCC[C@H](O[Si](c1ccccc1)(c1ccccc1)C(C)(C)C)[C@H]1C[C@H](O[Si](c2ccccc2)(c2ccccc2)C(C)(C)C)[C@@H](C=O)O1. The van der Waals surface area contributed by atoms with Crippen LogP contribution in [0, 0.1) is 0 Å². The van der Waals surface area contributed by atoms with Gasteiger partial charge in [-0.25, -0.2) is 0 Å². The topological polar surface area (TPSA) is 54.0 Å². The zero-order chi connectivity index (χ0) is 39.4. The minimum absolute atomic E-state index is 0.0720. The molecule has 0 unspecified atom stereocenters. The number of ether oxygens (including phenoxy) is 1. The van der Waals surface area contributed by atoms with Gasteiger partial charge in [0.25, 0.3) is 16.6 Å². The van der Waals surface area contributed by atoms with Crippen molar-refractivity contribution in [2.45, 2.75) is 128 Å². The highest BCUT2D eigenvalue weighted by Crippen LogP contribution is 2.43. The van der Waals surface area contributed by atoms with Crippen molar-refractivity contribution in [1.82, 2.24) is 0 Å². The molecule has 1 saturated heterocycles. The highest BCUT2D eigenvalue weighted by Gasteiger charge is 2.56. The van der Waals surface area contributed by atoms with Crippen LogP contribution in [0.1, 0.15) is 75.2 Å². The van der Waals surface area contributed by atoms with Crippen molar-refractivity contribution in [3.8, 4) is 0 Å². The van der Waals surface area contributed by atoms with Crippen molar-refractivity contribution in [1.29, 1.82) is 0 Å². The van der Waals surface area contributed by atoms with E-state index in [4.69, 9.17) is 18.0 Å². The van der Waals surface area contributed by atoms with Crippen LogP contribution in [0.4, 0.5) is 0 Å². The summed E-state index contributed by atoms with van der Waals surface area (Å²) in [6, 6.07) is 42.8. The number of hydrogen-bond acceptors (Lipinski definition) is 5. The molecule has 0 saturated carbocycles. The van der Waals surface area contributed by atoms with Gasteiger partial charge in [-0.05, 0) is 55.4 Å². The molecule has 0 amide bonds. The fourth-order valence-corrected chi connectivity index (χ4v) is 18.5. The van der Waals surface area contributed by atoms with Crippen molar-refractivity contribution in [2.24, 2.45) is 0 Å². The summed E-state index contributed by atoms with van der Waals surface area (Å²) in [7, 11) is -8.03. The number of hydrogen-bond donors (Lipinski definition) is 0. The third-order valence-electron chi connectivity index (χ3n) is 11.9. The minimum Gasteiger partial charge on any atom is -0.417 e. The second-order valence-corrected chi connectivity index (χ2v) is 31.9. The Morgan fingerprint density at radius 3 is 1.37 bits per heavy atom. The molecular weight excluding hydrogens is 717 g/mol. The van der Waals surface area contributed by atoms with Gasteiger partial charge in [0.1, 0.15) is 6.10 Å². The van der Waals surface area contributed by atoms with E-state index < -0.39 is 37.2 Å². The molecule has 5 nitrogen and oxygen atoms in total. The van der Waals surface area contributed by atoms with Gasteiger partial charge in [-0.3, -0.25) is 0 Å². The molecule has 1 fully saturated rings. The molecule has 4 aromatic carbocycles. The summed E-state index contributed by atoms with van der Waals surface area (Å²) in [5, 5.41) is 4.38. The van der Waals surface area contributed by atoms with Gasteiger partial charge >= 0.3 is 0 Å². The van der Waals surface area contributed by atoms with Crippen LogP contribution in [0.3, 0.4) is 0 Å². The Kier molecular flexibility index (Phi) is 13.0. The lowest BCUT2D eigenvalue weighted by Crippen LogP contribution is -2.68. The zero-order valence-corrected chi connectivity index (χ0v) is 37.6. The Labute approximate surface area is 329 Å². The van der Waals surface area contributed by atoms with Crippen LogP contribution in [0.2, 0.25) is 28.2 Å². The Hall–Kier alpha value is -2.96. The summed E-state index contributed by atoms with van der Waals surface area (Å²) in [4.78, 5) is 13.1. The van der Waals surface area contributed by atoms with Crippen molar-refractivity contribution >= 4 is 52.0 Å². The van der Waals surface area contributed by atoms with Crippen LogP contribution < -0.4 is 20.7 Å². The largest absolute Gasteiger partial charge is 0.417 e. The molecule has 1 aliphatic rings. The molecule has 54 heavy (non-hydrogen) atoms. The average Bonchev–Trinajstić information content (AvgIpc) is 3.54. The quantitative estimate of drug-likeness (QED) is 0.0948. The Morgan fingerprint density at radius 1 is 0.630 bits per heavy atom. The Morgan fingerprint density at radius 2 is 1.02 bits per heavy atom. The summed E-state index contributed by atoms with van der Waals surface area (Å²) in [5.74, 6) is 0. The second-order valence-electron chi connectivity index (χ2n) is 18.5. The first-order valence-corrected chi connectivity index (χ1v) is 26.4. The Balaban J connectivity index is 1.61. The molecule has 4 aromatic rings. The molecule has 5 rings (SSSR count). The van der Waals surface area contributed by atoms with E-state index in [1.165, 1.54) is 20.7 Å². The van der Waals surface area contributed by atoms with Crippen molar-refractivity contribution in [3.05, 3.63) is 121 Å². The number of carbonyl (C=O) groups excluding carboxylic acids is 1. The standard InChI is InChI=1S/C46H64O5Si3/c1-44(2,3)52(10,11)48-33-32-40(50-53(45(4,5)6,36-24-16-12-17-25-36)37-26-18-13-19-27-37)41-34-42(43(35-47)49-41)51-54(46(7,8)9,38-28-20-14-21-29-38)39-30-22-15-23-31-39/h12-31,35,40-43H,32-34H2,1-11H3/t40-,41+,42-,43+/m0/s1. The summed E-state index contributed by atoms with van der Waals surface area (Å²) in [6.45, 7) is 25.7. The van der Waals surface area contributed by atoms with Crippen LogP contribution in [0.15, 0.2) is 121 Å². The van der Waals surface area contributed by atoms with E-state index >= 15 is 0 Å². The van der Waals surface area contributed by atoms with Crippen LogP contribution in [-0.4, -0.2) is 62.3 Å². The highest BCUT2D eigenvalue weighted by atomic mass is 28.4. The normalized spacial score (nSPS) is 19.4. The van der Waals surface area contributed by atoms with Crippen LogP contribution in [0.5, 0.6) is 0 Å². The fourth-order valence-electron chi connectivity index (χ4n) is 7.99. The maximum Gasteiger partial charge on any atom is 0.261 e. The monoisotopic (exact) mass is 780 g/mol. The van der Waals surface area contributed by atoms with Gasteiger partial charge in [0.05, 0.1) is 18.3 Å². The third-order valence-corrected chi connectivity index (χ3v) is 26.5. The molecule has 0 bridgehead atoms. The zero-order valence-electron chi connectivity index (χ0n) is 34.6. The fraction of sp³-hybridized carbons (Fsp3) is 0.457. The van der Waals surface area contributed by atoms with E-state index in [1.54, 1.807) is 0 Å². The van der Waals surface area contributed by atoms with Gasteiger partial charge in [0.15, 0.2) is 14.6 Å². The lowest BCUT2D eigenvalue weighted by molar-refractivity contribution is -0.122. The molecule has 8 heteroatoms. The molecule has 0 N–H and O–H groups in total. The minimum atomic E-state index is -2.99. The van der Waals surface area contributed by atoms with Gasteiger partial charge in [-0.2, -0.15) is 0 Å². The van der Waals surface area contributed by atoms with Crippen LogP contribution in [-0.2, 0) is 22.8 Å². The van der Waals surface area contributed by atoms with Gasteiger partial charge in [-0.1, -0.05) is 184 Å². The molecule has 4 atom stereocenters. The van der Waals surface area contributed by atoms with Crippen molar-refractivity contribution < 1.29 is 22.8 Å². The summed E-state index contributed by atoms with van der Waals surface area (Å²) >= 11 is 0. The molecule has 0 aliphatic carbocycles. The number of benzene rings is 4. The van der Waals surface area contributed by atoms with E-state index in [0.717, 1.165) is 6.29 Å². The molecule has 1 heterocycles. The van der Waals surface area contributed by atoms with E-state index in [9.17, 15) is 4.79 Å². The predicted molar refractivity (Wildman–Crippen MR) is 232 cm³/mol. The first-order chi connectivity index (χ1) is 25.4. The Bertz CT molecular complexity index is 1690. The summed E-state index contributed by atoms with van der Waals surface area (Å²) < 4.78 is 29.2. The van der Waals surface area contributed by atoms with Crippen molar-refractivity contribution in [2.75, 3.05) is 6.61 Å². The molecule has 0 spiro atoms. The molecule has 1 aliphatic heterocycles. The van der Waals surface area contributed by atoms with E-state index in [2.05, 4.69) is 197 Å². The molecule has 0 aromatic heterocycles. The maximum absolute atomic E-state index is 13.1.